The van der Waals surface area contributed by atoms with Gasteiger partial charge in [-0.25, -0.2) is 0 Å². The molecule has 1 aliphatic rings. The summed E-state index contributed by atoms with van der Waals surface area (Å²) in [6, 6.07) is 5.21. The number of hydrogen-bond acceptors (Lipinski definition) is 4. The fourth-order valence-corrected chi connectivity index (χ4v) is 2.72. The Bertz CT molecular complexity index is 500. The third-order valence-corrected chi connectivity index (χ3v) is 3.94. The van der Waals surface area contributed by atoms with E-state index in [0.717, 1.165) is 30.9 Å². The number of carbonyl (C=O) groups excluding carboxylic acids is 1. The average Bonchev–Trinajstić information content (AvgIpc) is 2.47. The van der Waals surface area contributed by atoms with Gasteiger partial charge in [0.05, 0.1) is 13.2 Å². The minimum Gasteiger partial charge on any atom is -0.496 e. The summed E-state index contributed by atoms with van der Waals surface area (Å²) >= 11 is 6.05. The SMILES string of the molecule is COc1ccc(Cl)cc1CN1CCN(C(=O)C(C)N)CC1. The molecule has 1 atom stereocenters. The standard InChI is InChI=1S/C15H22ClN3O2/c1-11(17)15(20)19-7-5-18(6-8-19)10-12-9-13(16)3-4-14(12)21-2/h3-4,9,11H,5-8,10,17H2,1-2H3. The van der Waals surface area contributed by atoms with E-state index in [1.807, 2.05) is 23.1 Å². The summed E-state index contributed by atoms with van der Waals surface area (Å²) in [6.07, 6.45) is 0. The molecular weight excluding hydrogens is 290 g/mol. The molecule has 0 aromatic heterocycles. The van der Waals surface area contributed by atoms with Crippen molar-refractivity contribution >= 4 is 17.5 Å². The van der Waals surface area contributed by atoms with Crippen LogP contribution in [0, 0.1) is 0 Å². The zero-order valence-electron chi connectivity index (χ0n) is 12.5. The van der Waals surface area contributed by atoms with Crippen LogP contribution in [0.4, 0.5) is 0 Å². The molecule has 6 heteroatoms. The van der Waals surface area contributed by atoms with Crippen molar-refractivity contribution in [3.8, 4) is 5.75 Å². The number of benzene rings is 1. The monoisotopic (exact) mass is 311 g/mol. The van der Waals surface area contributed by atoms with Gasteiger partial charge in [0, 0.05) is 43.3 Å². The first kappa shape index (κ1) is 16.1. The Balaban J connectivity index is 1.95. The molecule has 116 valence electrons. The summed E-state index contributed by atoms with van der Waals surface area (Å²) in [5.74, 6) is 0.864. The first-order valence-corrected chi connectivity index (χ1v) is 7.48. The quantitative estimate of drug-likeness (QED) is 0.911. The molecule has 2 N–H and O–H groups in total. The van der Waals surface area contributed by atoms with Crippen molar-refractivity contribution in [2.75, 3.05) is 33.3 Å². The van der Waals surface area contributed by atoms with Gasteiger partial charge in [0.15, 0.2) is 0 Å². The van der Waals surface area contributed by atoms with Gasteiger partial charge in [-0.1, -0.05) is 11.6 Å². The molecule has 0 radical (unpaired) electrons. The molecule has 0 aliphatic carbocycles. The number of hydrogen-bond donors (Lipinski definition) is 1. The predicted octanol–water partition coefficient (Wildman–Crippen LogP) is 1.34. The van der Waals surface area contributed by atoms with Crippen molar-refractivity contribution in [1.29, 1.82) is 0 Å². The molecule has 1 aromatic rings. The molecule has 1 fully saturated rings. The zero-order chi connectivity index (χ0) is 15.4. The van der Waals surface area contributed by atoms with Gasteiger partial charge in [0.25, 0.3) is 0 Å². The molecule has 0 spiro atoms. The summed E-state index contributed by atoms with van der Waals surface area (Å²) in [7, 11) is 1.66. The summed E-state index contributed by atoms with van der Waals surface area (Å²) in [5, 5.41) is 0.705. The van der Waals surface area contributed by atoms with Crippen LogP contribution in [0.3, 0.4) is 0 Å². The van der Waals surface area contributed by atoms with Crippen molar-refractivity contribution in [3.05, 3.63) is 28.8 Å². The van der Waals surface area contributed by atoms with Crippen LogP contribution in [-0.2, 0) is 11.3 Å². The van der Waals surface area contributed by atoms with Gasteiger partial charge < -0.3 is 15.4 Å². The second-order valence-electron chi connectivity index (χ2n) is 5.35. The molecule has 2 rings (SSSR count). The number of amides is 1. The summed E-state index contributed by atoms with van der Waals surface area (Å²) in [6.45, 7) is 5.57. The number of nitrogens with two attached hydrogens (primary N) is 1. The highest BCUT2D eigenvalue weighted by molar-refractivity contribution is 6.30. The first-order valence-electron chi connectivity index (χ1n) is 7.10. The molecule has 0 saturated carbocycles. The molecular formula is C15H22ClN3O2. The van der Waals surface area contributed by atoms with Gasteiger partial charge >= 0.3 is 0 Å². The van der Waals surface area contributed by atoms with Gasteiger partial charge in [0.2, 0.25) is 5.91 Å². The van der Waals surface area contributed by atoms with E-state index in [0.29, 0.717) is 18.1 Å². The Morgan fingerprint density at radius 1 is 1.38 bits per heavy atom. The Morgan fingerprint density at radius 2 is 2.05 bits per heavy atom. The number of rotatable bonds is 4. The third kappa shape index (κ3) is 4.09. The van der Waals surface area contributed by atoms with Crippen LogP contribution in [0.25, 0.3) is 0 Å². The maximum Gasteiger partial charge on any atom is 0.239 e. The first-order chi connectivity index (χ1) is 10.0. The van der Waals surface area contributed by atoms with E-state index in [2.05, 4.69) is 4.90 Å². The lowest BCUT2D eigenvalue weighted by Crippen LogP contribution is -2.52. The molecule has 1 aromatic carbocycles. The number of piperazine rings is 1. The molecule has 5 nitrogen and oxygen atoms in total. The van der Waals surface area contributed by atoms with Crippen molar-refractivity contribution < 1.29 is 9.53 Å². The highest BCUT2D eigenvalue weighted by atomic mass is 35.5. The number of ether oxygens (including phenoxy) is 1. The topological polar surface area (TPSA) is 58.8 Å². The Labute approximate surface area is 130 Å². The van der Waals surface area contributed by atoms with Crippen LogP contribution in [0.1, 0.15) is 12.5 Å². The minimum atomic E-state index is -0.426. The van der Waals surface area contributed by atoms with E-state index >= 15 is 0 Å². The maximum atomic E-state index is 11.9. The number of carbonyl (C=O) groups is 1. The van der Waals surface area contributed by atoms with Crippen LogP contribution < -0.4 is 10.5 Å². The van der Waals surface area contributed by atoms with Gasteiger partial charge in [0.1, 0.15) is 5.75 Å². The molecule has 0 bridgehead atoms. The van der Waals surface area contributed by atoms with E-state index in [1.165, 1.54) is 0 Å². The van der Waals surface area contributed by atoms with Gasteiger partial charge in [-0.2, -0.15) is 0 Å². The van der Waals surface area contributed by atoms with E-state index in [-0.39, 0.29) is 5.91 Å². The summed E-state index contributed by atoms with van der Waals surface area (Å²) in [5.41, 5.74) is 6.71. The van der Waals surface area contributed by atoms with Crippen molar-refractivity contribution in [2.45, 2.75) is 19.5 Å². The normalized spacial score (nSPS) is 17.6. The lowest BCUT2D eigenvalue weighted by molar-refractivity contribution is -0.134. The Morgan fingerprint density at radius 3 is 2.62 bits per heavy atom. The molecule has 1 heterocycles. The van der Waals surface area contributed by atoms with Crippen molar-refractivity contribution in [1.82, 2.24) is 9.80 Å². The molecule has 1 unspecified atom stereocenters. The Hall–Kier alpha value is -1.30. The van der Waals surface area contributed by atoms with E-state index < -0.39 is 6.04 Å². The highest BCUT2D eigenvalue weighted by Gasteiger charge is 2.23. The maximum absolute atomic E-state index is 11.9. The van der Waals surface area contributed by atoms with Gasteiger partial charge in [-0.3, -0.25) is 9.69 Å². The largest absolute Gasteiger partial charge is 0.496 e. The van der Waals surface area contributed by atoms with Gasteiger partial charge in [-0.05, 0) is 25.1 Å². The Kier molecular flexibility index (Phi) is 5.45. The highest BCUT2D eigenvalue weighted by Crippen LogP contribution is 2.24. The van der Waals surface area contributed by atoms with E-state index in [1.54, 1.807) is 14.0 Å². The van der Waals surface area contributed by atoms with Crippen LogP contribution in [0.5, 0.6) is 5.75 Å². The predicted molar refractivity (Wildman–Crippen MR) is 83.5 cm³/mol. The summed E-state index contributed by atoms with van der Waals surface area (Å²) < 4.78 is 5.37. The second kappa shape index (κ2) is 7.11. The zero-order valence-corrected chi connectivity index (χ0v) is 13.3. The molecule has 1 amide bonds. The molecule has 1 saturated heterocycles. The van der Waals surface area contributed by atoms with Gasteiger partial charge in [-0.15, -0.1) is 0 Å². The van der Waals surface area contributed by atoms with Crippen molar-refractivity contribution in [2.24, 2.45) is 5.73 Å². The van der Waals surface area contributed by atoms with Crippen LogP contribution in [-0.4, -0.2) is 55.0 Å². The lowest BCUT2D eigenvalue weighted by atomic mass is 10.1. The van der Waals surface area contributed by atoms with Crippen molar-refractivity contribution in [3.63, 3.8) is 0 Å². The third-order valence-electron chi connectivity index (χ3n) is 3.71. The number of halogens is 1. The summed E-state index contributed by atoms with van der Waals surface area (Å²) in [4.78, 5) is 16.0. The fourth-order valence-electron chi connectivity index (χ4n) is 2.53. The average molecular weight is 312 g/mol. The van der Waals surface area contributed by atoms with E-state index in [9.17, 15) is 4.79 Å². The van der Waals surface area contributed by atoms with Crippen LogP contribution in [0.2, 0.25) is 5.02 Å². The van der Waals surface area contributed by atoms with Crippen LogP contribution >= 0.6 is 11.6 Å². The van der Waals surface area contributed by atoms with E-state index in [4.69, 9.17) is 22.1 Å². The minimum absolute atomic E-state index is 0.0231. The molecule has 1 aliphatic heterocycles. The number of methoxy groups -OCH3 is 1. The fraction of sp³-hybridized carbons (Fsp3) is 0.533. The van der Waals surface area contributed by atoms with Crippen LogP contribution in [0.15, 0.2) is 18.2 Å². The number of nitrogens with zero attached hydrogens (tertiary/aromatic N) is 2. The smallest absolute Gasteiger partial charge is 0.239 e. The second-order valence-corrected chi connectivity index (χ2v) is 5.78. The lowest BCUT2D eigenvalue weighted by Gasteiger charge is -2.35. The molecule has 21 heavy (non-hydrogen) atoms.